The Kier molecular flexibility index (Phi) is 5.78. The summed E-state index contributed by atoms with van der Waals surface area (Å²) in [4.78, 5) is 11.2. The molecule has 0 aliphatic rings. The molecule has 114 valence electrons. The molecule has 0 amide bonds. The number of para-hydroxylation sites is 1. The Morgan fingerprint density at radius 2 is 1.76 bits per heavy atom. The Balaban J connectivity index is 1.92. The van der Waals surface area contributed by atoms with Crippen LogP contribution in [0.25, 0.3) is 10.9 Å². The first-order valence-corrected chi connectivity index (χ1v) is 7.93. The molecule has 0 saturated carbocycles. The Hall–Kier alpha value is -1.84. The fraction of sp³-hybridized carbons (Fsp3) is 0.529. The summed E-state index contributed by atoms with van der Waals surface area (Å²) >= 11 is 0. The van der Waals surface area contributed by atoms with Crippen LogP contribution in [0.15, 0.2) is 24.3 Å². The van der Waals surface area contributed by atoms with Gasteiger partial charge in [0.25, 0.3) is 0 Å². The first kappa shape index (κ1) is 15.5. The van der Waals surface area contributed by atoms with Crippen molar-refractivity contribution in [2.75, 3.05) is 0 Å². The van der Waals surface area contributed by atoms with Crippen molar-refractivity contribution in [1.82, 2.24) is 9.78 Å². The molecule has 0 aliphatic carbocycles. The first-order chi connectivity index (χ1) is 10.2. The van der Waals surface area contributed by atoms with Crippen molar-refractivity contribution >= 4 is 16.9 Å². The molecule has 1 aromatic carbocycles. The fourth-order valence-electron chi connectivity index (χ4n) is 2.67. The fourth-order valence-corrected chi connectivity index (χ4v) is 2.67. The molecule has 2 aromatic rings. The second-order valence-electron chi connectivity index (χ2n) is 5.52. The highest BCUT2D eigenvalue weighted by Gasteiger charge is 2.15. The summed E-state index contributed by atoms with van der Waals surface area (Å²) in [5.41, 5.74) is 1.08. The maximum absolute atomic E-state index is 11.2. The van der Waals surface area contributed by atoms with Gasteiger partial charge < -0.3 is 5.11 Å². The molecule has 0 aliphatic heterocycles. The van der Waals surface area contributed by atoms with Crippen LogP contribution in [0.5, 0.6) is 0 Å². The minimum Gasteiger partial charge on any atom is -0.476 e. The van der Waals surface area contributed by atoms with Crippen molar-refractivity contribution in [2.24, 2.45) is 0 Å². The molecular weight excluding hydrogens is 264 g/mol. The van der Waals surface area contributed by atoms with E-state index in [2.05, 4.69) is 12.0 Å². The van der Waals surface area contributed by atoms with Crippen molar-refractivity contribution in [3.05, 3.63) is 30.0 Å². The topological polar surface area (TPSA) is 55.1 Å². The number of carboxylic acids is 1. The number of nitrogens with zero attached hydrogens (tertiary/aromatic N) is 2. The largest absolute Gasteiger partial charge is 0.476 e. The van der Waals surface area contributed by atoms with Crippen molar-refractivity contribution < 1.29 is 9.90 Å². The second kappa shape index (κ2) is 7.81. The quantitative estimate of drug-likeness (QED) is 0.692. The van der Waals surface area contributed by atoms with Crippen molar-refractivity contribution in [3.8, 4) is 0 Å². The van der Waals surface area contributed by atoms with E-state index in [1.807, 2.05) is 28.9 Å². The zero-order valence-electron chi connectivity index (χ0n) is 12.7. The predicted molar refractivity (Wildman–Crippen MR) is 84.7 cm³/mol. The van der Waals surface area contributed by atoms with Crippen LogP contribution in [0.2, 0.25) is 0 Å². The standard InChI is InChI=1S/C17H24N2O2/c1-2-3-4-5-6-7-10-13-19-15-12-9-8-11-14(15)16(18-19)17(20)21/h8-9,11-12H,2-7,10,13H2,1H3,(H,20,21). The molecule has 0 saturated heterocycles. The number of aromatic carboxylic acids is 1. The molecule has 0 fully saturated rings. The van der Waals surface area contributed by atoms with E-state index < -0.39 is 5.97 Å². The summed E-state index contributed by atoms with van der Waals surface area (Å²) in [7, 11) is 0. The van der Waals surface area contributed by atoms with E-state index in [1.165, 1.54) is 38.5 Å². The highest BCUT2D eigenvalue weighted by atomic mass is 16.4. The number of fused-ring (bicyclic) bond motifs is 1. The number of aryl methyl sites for hydroxylation is 1. The van der Waals surface area contributed by atoms with E-state index in [1.54, 1.807) is 0 Å². The molecule has 0 unspecified atom stereocenters. The van der Waals surface area contributed by atoms with E-state index in [0.717, 1.165) is 23.9 Å². The van der Waals surface area contributed by atoms with E-state index in [9.17, 15) is 9.90 Å². The van der Waals surface area contributed by atoms with Gasteiger partial charge in [-0.15, -0.1) is 0 Å². The minimum absolute atomic E-state index is 0.161. The van der Waals surface area contributed by atoms with Gasteiger partial charge in [0, 0.05) is 11.9 Å². The van der Waals surface area contributed by atoms with Gasteiger partial charge >= 0.3 is 5.97 Å². The third-order valence-corrected chi connectivity index (χ3v) is 3.83. The molecular formula is C17H24N2O2. The molecule has 1 heterocycles. The Labute approximate surface area is 125 Å². The average Bonchev–Trinajstić information content (AvgIpc) is 2.86. The number of unbranched alkanes of at least 4 members (excludes halogenated alkanes) is 6. The van der Waals surface area contributed by atoms with Crippen LogP contribution in [0, 0.1) is 0 Å². The third kappa shape index (κ3) is 4.06. The van der Waals surface area contributed by atoms with E-state index in [4.69, 9.17) is 0 Å². The van der Waals surface area contributed by atoms with Gasteiger partial charge in [-0.3, -0.25) is 4.68 Å². The first-order valence-electron chi connectivity index (χ1n) is 7.93. The molecule has 2 rings (SSSR count). The number of benzene rings is 1. The third-order valence-electron chi connectivity index (χ3n) is 3.83. The van der Waals surface area contributed by atoms with Gasteiger partial charge in [0.05, 0.1) is 5.52 Å². The lowest BCUT2D eigenvalue weighted by Gasteiger charge is -2.03. The summed E-state index contributed by atoms with van der Waals surface area (Å²) in [6.07, 6.45) is 8.71. The maximum atomic E-state index is 11.2. The van der Waals surface area contributed by atoms with Gasteiger partial charge in [-0.05, 0) is 12.5 Å². The van der Waals surface area contributed by atoms with E-state index in [0.29, 0.717) is 0 Å². The van der Waals surface area contributed by atoms with Crippen LogP contribution in [0.4, 0.5) is 0 Å². The number of aromatic nitrogens is 2. The zero-order chi connectivity index (χ0) is 15.1. The summed E-state index contributed by atoms with van der Waals surface area (Å²) in [6, 6.07) is 7.55. The summed E-state index contributed by atoms with van der Waals surface area (Å²) < 4.78 is 1.84. The normalized spacial score (nSPS) is 11.1. The lowest BCUT2D eigenvalue weighted by molar-refractivity contribution is 0.0691. The van der Waals surface area contributed by atoms with Gasteiger partial charge in [0.1, 0.15) is 0 Å². The Bertz CT molecular complexity index is 589. The monoisotopic (exact) mass is 288 g/mol. The lowest BCUT2D eigenvalue weighted by atomic mass is 10.1. The summed E-state index contributed by atoms with van der Waals surface area (Å²) in [5.74, 6) is -0.954. The lowest BCUT2D eigenvalue weighted by Crippen LogP contribution is -2.03. The highest BCUT2D eigenvalue weighted by molar-refractivity contribution is 6.01. The van der Waals surface area contributed by atoms with Crippen LogP contribution in [-0.4, -0.2) is 20.9 Å². The van der Waals surface area contributed by atoms with E-state index >= 15 is 0 Å². The number of carbonyl (C=O) groups is 1. The number of hydrogen-bond acceptors (Lipinski definition) is 2. The Morgan fingerprint density at radius 1 is 1.10 bits per heavy atom. The molecule has 21 heavy (non-hydrogen) atoms. The molecule has 4 nitrogen and oxygen atoms in total. The van der Waals surface area contributed by atoms with Gasteiger partial charge in [-0.25, -0.2) is 4.79 Å². The van der Waals surface area contributed by atoms with Crippen LogP contribution < -0.4 is 0 Å². The Morgan fingerprint density at radius 3 is 2.48 bits per heavy atom. The van der Waals surface area contributed by atoms with Crippen LogP contribution in [-0.2, 0) is 6.54 Å². The maximum Gasteiger partial charge on any atom is 0.357 e. The smallest absolute Gasteiger partial charge is 0.357 e. The van der Waals surface area contributed by atoms with Crippen molar-refractivity contribution in [2.45, 2.75) is 58.4 Å². The van der Waals surface area contributed by atoms with Crippen LogP contribution in [0.1, 0.15) is 62.4 Å². The van der Waals surface area contributed by atoms with Crippen molar-refractivity contribution in [3.63, 3.8) is 0 Å². The van der Waals surface area contributed by atoms with Gasteiger partial charge in [-0.1, -0.05) is 63.6 Å². The summed E-state index contributed by atoms with van der Waals surface area (Å²) in [5, 5.41) is 14.2. The molecule has 0 bridgehead atoms. The number of rotatable bonds is 9. The van der Waals surface area contributed by atoms with Gasteiger partial charge in [0.2, 0.25) is 0 Å². The van der Waals surface area contributed by atoms with Gasteiger partial charge in [-0.2, -0.15) is 5.10 Å². The molecule has 0 atom stereocenters. The molecule has 0 spiro atoms. The van der Waals surface area contributed by atoms with Crippen LogP contribution in [0.3, 0.4) is 0 Å². The predicted octanol–water partition coefficient (Wildman–Crippen LogP) is 4.49. The molecule has 1 aromatic heterocycles. The van der Waals surface area contributed by atoms with E-state index in [-0.39, 0.29) is 5.69 Å². The SMILES string of the molecule is CCCCCCCCCn1nc(C(=O)O)c2ccccc21. The molecule has 4 heteroatoms. The number of hydrogen-bond donors (Lipinski definition) is 1. The molecule has 1 N–H and O–H groups in total. The number of carboxylic acid groups (broad SMARTS) is 1. The molecule has 0 radical (unpaired) electrons. The second-order valence-corrected chi connectivity index (χ2v) is 5.52. The highest BCUT2D eigenvalue weighted by Crippen LogP contribution is 2.19. The van der Waals surface area contributed by atoms with Crippen molar-refractivity contribution in [1.29, 1.82) is 0 Å². The minimum atomic E-state index is -0.954. The van der Waals surface area contributed by atoms with Gasteiger partial charge in [0.15, 0.2) is 5.69 Å². The zero-order valence-corrected chi connectivity index (χ0v) is 12.7. The average molecular weight is 288 g/mol. The van der Waals surface area contributed by atoms with Crippen LogP contribution >= 0.6 is 0 Å². The summed E-state index contributed by atoms with van der Waals surface area (Å²) in [6.45, 7) is 3.02.